The Kier molecular flexibility index (Phi) is 4.06. The zero-order valence-corrected chi connectivity index (χ0v) is 11.7. The fourth-order valence-electron chi connectivity index (χ4n) is 1.69. The Morgan fingerprint density at radius 3 is 2.58 bits per heavy atom. The summed E-state index contributed by atoms with van der Waals surface area (Å²) in [5.41, 5.74) is 0.691. The highest BCUT2D eigenvalue weighted by Crippen LogP contribution is 2.40. The molecule has 1 N–H and O–H groups in total. The molecule has 2 rings (SSSR count). The minimum absolute atomic E-state index is 0.426. The molecule has 0 unspecified atom stereocenters. The van der Waals surface area contributed by atoms with Gasteiger partial charge in [0.25, 0.3) is 0 Å². The lowest BCUT2D eigenvalue weighted by molar-refractivity contribution is 0.355. The summed E-state index contributed by atoms with van der Waals surface area (Å²) in [6.45, 7) is 0. The lowest BCUT2D eigenvalue weighted by Gasteiger charge is -2.12. The molecule has 0 radical (unpaired) electrons. The van der Waals surface area contributed by atoms with Crippen LogP contribution < -0.4 is 14.8 Å². The van der Waals surface area contributed by atoms with Gasteiger partial charge in [0.15, 0.2) is 17.3 Å². The van der Waals surface area contributed by atoms with Crippen molar-refractivity contribution in [3.05, 3.63) is 29.4 Å². The minimum atomic E-state index is 0.426. The van der Waals surface area contributed by atoms with E-state index < -0.39 is 0 Å². The number of nitrogens with one attached hydrogen (secondary N) is 1. The molecule has 0 spiro atoms. The normalized spacial score (nSPS) is 10.1. The third-order valence-electron chi connectivity index (χ3n) is 2.64. The Balaban J connectivity index is 2.56. The van der Waals surface area contributed by atoms with Crippen molar-refractivity contribution >= 4 is 17.4 Å². The fourth-order valence-corrected chi connectivity index (χ4v) is 2.01. The van der Waals surface area contributed by atoms with Crippen LogP contribution in [0.3, 0.4) is 0 Å². The first kappa shape index (κ1) is 13.4. The minimum Gasteiger partial charge on any atom is -0.493 e. The predicted molar refractivity (Wildman–Crippen MR) is 75.1 cm³/mol. The first-order valence-electron chi connectivity index (χ1n) is 5.63. The standard InChI is InChI=1S/C13H14ClN3O2/c1-15-10-6-7-16-13(17-10)8-4-5-9(18-2)12(19-3)11(8)14/h4-7H,1-3H3,(H,15,16,17). The van der Waals surface area contributed by atoms with Gasteiger partial charge in [0.2, 0.25) is 0 Å². The summed E-state index contributed by atoms with van der Waals surface area (Å²) in [6.07, 6.45) is 1.67. The second-order valence-corrected chi connectivity index (χ2v) is 4.06. The van der Waals surface area contributed by atoms with Gasteiger partial charge in [-0.1, -0.05) is 11.6 Å². The maximum Gasteiger partial charge on any atom is 0.180 e. The number of nitrogens with zero attached hydrogens (tertiary/aromatic N) is 2. The van der Waals surface area contributed by atoms with E-state index in [4.69, 9.17) is 21.1 Å². The molecule has 0 aliphatic rings. The molecule has 6 heteroatoms. The smallest absolute Gasteiger partial charge is 0.180 e. The van der Waals surface area contributed by atoms with Crippen LogP contribution in [0, 0.1) is 0 Å². The summed E-state index contributed by atoms with van der Waals surface area (Å²) in [5.74, 6) is 2.29. The Labute approximate surface area is 116 Å². The van der Waals surface area contributed by atoms with Crippen LogP contribution in [-0.4, -0.2) is 31.2 Å². The molecule has 0 saturated heterocycles. The van der Waals surface area contributed by atoms with Crippen molar-refractivity contribution in [2.24, 2.45) is 0 Å². The molecule has 0 saturated carbocycles. The third-order valence-corrected chi connectivity index (χ3v) is 3.01. The number of rotatable bonds is 4. The van der Waals surface area contributed by atoms with Crippen molar-refractivity contribution in [1.29, 1.82) is 0 Å². The van der Waals surface area contributed by atoms with Gasteiger partial charge in [-0.05, 0) is 18.2 Å². The van der Waals surface area contributed by atoms with Gasteiger partial charge in [0.05, 0.1) is 19.2 Å². The van der Waals surface area contributed by atoms with E-state index in [1.165, 1.54) is 0 Å². The van der Waals surface area contributed by atoms with Crippen LogP contribution in [-0.2, 0) is 0 Å². The highest BCUT2D eigenvalue weighted by atomic mass is 35.5. The van der Waals surface area contributed by atoms with Crippen molar-refractivity contribution < 1.29 is 9.47 Å². The first-order chi connectivity index (χ1) is 9.21. The van der Waals surface area contributed by atoms with Crippen LogP contribution in [0.25, 0.3) is 11.4 Å². The van der Waals surface area contributed by atoms with E-state index in [1.54, 1.807) is 45.7 Å². The summed E-state index contributed by atoms with van der Waals surface area (Å²) in [5, 5.41) is 3.38. The molecule has 0 aliphatic carbocycles. The Morgan fingerprint density at radius 1 is 1.16 bits per heavy atom. The average Bonchev–Trinajstić information content (AvgIpc) is 2.46. The number of hydrogen-bond donors (Lipinski definition) is 1. The predicted octanol–water partition coefficient (Wildman–Crippen LogP) is 2.86. The van der Waals surface area contributed by atoms with Gasteiger partial charge in [0.1, 0.15) is 5.82 Å². The largest absolute Gasteiger partial charge is 0.493 e. The number of ether oxygens (including phenoxy) is 2. The molecule has 19 heavy (non-hydrogen) atoms. The molecule has 0 aliphatic heterocycles. The average molecular weight is 280 g/mol. The summed E-state index contributed by atoms with van der Waals surface area (Å²) in [6, 6.07) is 5.35. The Hall–Kier alpha value is -2.01. The van der Waals surface area contributed by atoms with E-state index in [9.17, 15) is 0 Å². The van der Waals surface area contributed by atoms with Gasteiger partial charge >= 0.3 is 0 Å². The molecule has 5 nitrogen and oxygen atoms in total. The lowest BCUT2D eigenvalue weighted by atomic mass is 10.2. The van der Waals surface area contributed by atoms with Crippen LogP contribution >= 0.6 is 11.6 Å². The van der Waals surface area contributed by atoms with Gasteiger partial charge in [-0.15, -0.1) is 0 Å². The molecular weight excluding hydrogens is 266 g/mol. The highest BCUT2D eigenvalue weighted by molar-refractivity contribution is 6.35. The van der Waals surface area contributed by atoms with E-state index in [0.29, 0.717) is 27.9 Å². The maximum atomic E-state index is 6.32. The molecule has 0 fully saturated rings. The number of methoxy groups -OCH3 is 2. The van der Waals surface area contributed by atoms with Crippen LogP contribution in [0.4, 0.5) is 5.82 Å². The topological polar surface area (TPSA) is 56.3 Å². The van der Waals surface area contributed by atoms with Crippen LogP contribution in [0.1, 0.15) is 0 Å². The van der Waals surface area contributed by atoms with Crippen LogP contribution in [0.15, 0.2) is 24.4 Å². The van der Waals surface area contributed by atoms with E-state index in [-0.39, 0.29) is 0 Å². The summed E-state index contributed by atoms with van der Waals surface area (Å²) < 4.78 is 10.4. The van der Waals surface area contributed by atoms with E-state index in [0.717, 1.165) is 5.82 Å². The number of hydrogen-bond acceptors (Lipinski definition) is 5. The van der Waals surface area contributed by atoms with Gasteiger partial charge in [0, 0.05) is 18.8 Å². The van der Waals surface area contributed by atoms with Crippen molar-refractivity contribution in [3.63, 3.8) is 0 Å². The van der Waals surface area contributed by atoms with Crippen molar-refractivity contribution in [2.45, 2.75) is 0 Å². The maximum absolute atomic E-state index is 6.32. The summed E-state index contributed by atoms with van der Waals surface area (Å²) >= 11 is 6.32. The molecule has 0 bridgehead atoms. The van der Waals surface area contributed by atoms with E-state index >= 15 is 0 Å². The van der Waals surface area contributed by atoms with Gasteiger partial charge in [-0.2, -0.15) is 0 Å². The van der Waals surface area contributed by atoms with E-state index in [2.05, 4.69) is 15.3 Å². The molecule has 0 atom stereocenters. The number of benzene rings is 1. The second kappa shape index (κ2) is 5.75. The molecule has 1 heterocycles. The molecule has 100 valence electrons. The van der Waals surface area contributed by atoms with Gasteiger partial charge in [-0.3, -0.25) is 0 Å². The molecule has 1 aromatic carbocycles. The second-order valence-electron chi connectivity index (χ2n) is 3.68. The molecular formula is C13H14ClN3O2. The number of halogens is 1. The van der Waals surface area contributed by atoms with Crippen LogP contribution in [0.2, 0.25) is 5.02 Å². The zero-order valence-electron chi connectivity index (χ0n) is 10.9. The van der Waals surface area contributed by atoms with Crippen molar-refractivity contribution in [2.75, 3.05) is 26.6 Å². The zero-order chi connectivity index (χ0) is 13.8. The van der Waals surface area contributed by atoms with E-state index in [1.807, 2.05) is 0 Å². The van der Waals surface area contributed by atoms with Crippen LogP contribution in [0.5, 0.6) is 11.5 Å². The van der Waals surface area contributed by atoms with Crippen molar-refractivity contribution in [1.82, 2.24) is 9.97 Å². The third kappa shape index (κ3) is 2.56. The Bertz CT molecular complexity index is 590. The molecule has 0 amide bonds. The monoisotopic (exact) mass is 279 g/mol. The van der Waals surface area contributed by atoms with Crippen molar-refractivity contribution in [3.8, 4) is 22.9 Å². The fraction of sp³-hybridized carbons (Fsp3) is 0.231. The quantitative estimate of drug-likeness (QED) is 0.933. The number of aromatic nitrogens is 2. The summed E-state index contributed by atoms with van der Waals surface area (Å²) in [7, 11) is 4.90. The number of anilines is 1. The first-order valence-corrected chi connectivity index (χ1v) is 6.00. The lowest BCUT2D eigenvalue weighted by Crippen LogP contribution is -1.98. The SMILES string of the molecule is CNc1ccnc(-c2ccc(OC)c(OC)c2Cl)n1. The molecule has 1 aromatic heterocycles. The summed E-state index contributed by atoms with van der Waals surface area (Å²) in [4.78, 5) is 8.57. The Morgan fingerprint density at radius 2 is 1.95 bits per heavy atom. The highest BCUT2D eigenvalue weighted by Gasteiger charge is 2.16. The van der Waals surface area contributed by atoms with Gasteiger partial charge in [-0.25, -0.2) is 9.97 Å². The molecule has 2 aromatic rings. The van der Waals surface area contributed by atoms with Gasteiger partial charge < -0.3 is 14.8 Å².